The van der Waals surface area contributed by atoms with Gasteiger partial charge in [0.05, 0.1) is 23.3 Å². The lowest BCUT2D eigenvalue weighted by Crippen LogP contribution is -2.23. The highest BCUT2D eigenvalue weighted by molar-refractivity contribution is 7.89. The van der Waals surface area contributed by atoms with Crippen LogP contribution in [0.1, 0.15) is 28.2 Å². The van der Waals surface area contributed by atoms with E-state index < -0.39 is 10.0 Å². The summed E-state index contributed by atoms with van der Waals surface area (Å²) in [6.07, 6.45) is 4.86. The molecule has 0 unspecified atom stereocenters. The Labute approximate surface area is 138 Å². The first-order valence-corrected chi connectivity index (χ1v) is 9.74. The summed E-state index contributed by atoms with van der Waals surface area (Å²) < 4.78 is 29.2. The van der Waals surface area contributed by atoms with Crippen LogP contribution in [0.2, 0.25) is 0 Å². The molecule has 1 N–H and O–H groups in total. The number of rotatable bonds is 4. The standard InChI is InChI=1S/C15H16N4O2S2/c1-10-18-19-9-13(17-15(19)22-10)8-16-23(20,21)14-6-5-11-3-2-4-12(11)7-14/h5-7,9,16H,2-4,8H2,1H3. The Hall–Kier alpha value is -1.77. The van der Waals surface area contributed by atoms with E-state index in [0.717, 1.165) is 34.8 Å². The molecule has 6 nitrogen and oxygen atoms in total. The Morgan fingerprint density at radius 1 is 1.30 bits per heavy atom. The summed E-state index contributed by atoms with van der Waals surface area (Å²) in [7, 11) is -3.52. The molecular weight excluding hydrogens is 332 g/mol. The lowest BCUT2D eigenvalue weighted by atomic mass is 10.1. The van der Waals surface area contributed by atoms with Gasteiger partial charge in [0.1, 0.15) is 5.01 Å². The molecule has 0 saturated carbocycles. The van der Waals surface area contributed by atoms with E-state index in [2.05, 4.69) is 14.8 Å². The number of benzene rings is 1. The normalized spacial score (nSPS) is 14.5. The zero-order chi connectivity index (χ0) is 16.0. The third-order valence-corrected chi connectivity index (χ3v) is 6.25. The molecule has 0 saturated heterocycles. The maximum absolute atomic E-state index is 12.5. The van der Waals surface area contributed by atoms with Crippen LogP contribution < -0.4 is 4.72 Å². The lowest BCUT2D eigenvalue weighted by molar-refractivity contribution is 0.580. The zero-order valence-electron chi connectivity index (χ0n) is 12.6. The first-order chi connectivity index (χ1) is 11.0. The Kier molecular flexibility index (Phi) is 3.47. The Balaban J connectivity index is 1.53. The van der Waals surface area contributed by atoms with Gasteiger partial charge in [-0.1, -0.05) is 17.4 Å². The number of sulfonamides is 1. The topological polar surface area (TPSA) is 76.4 Å². The first kappa shape index (κ1) is 14.8. The van der Waals surface area contributed by atoms with E-state index in [0.29, 0.717) is 10.6 Å². The maximum Gasteiger partial charge on any atom is 0.240 e. The summed E-state index contributed by atoms with van der Waals surface area (Å²) in [4.78, 5) is 5.48. The van der Waals surface area contributed by atoms with Crippen LogP contribution in [0.3, 0.4) is 0 Å². The molecule has 2 aromatic heterocycles. The third kappa shape index (κ3) is 2.77. The number of nitrogens with zero attached hydrogens (tertiary/aromatic N) is 3. The Morgan fingerprint density at radius 3 is 2.96 bits per heavy atom. The molecular formula is C15H16N4O2S2. The average Bonchev–Trinajstić information content (AvgIpc) is 3.18. The second-order valence-corrected chi connectivity index (χ2v) is 8.62. The van der Waals surface area contributed by atoms with Crippen LogP contribution in [0, 0.1) is 6.92 Å². The van der Waals surface area contributed by atoms with Gasteiger partial charge in [0.2, 0.25) is 15.0 Å². The van der Waals surface area contributed by atoms with Crippen LogP contribution in [-0.4, -0.2) is 23.0 Å². The van der Waals surface area contributed by atoms with Crippen LogP contribution in [0.5, 0.6) is 0 Å². The zero-order valence-corrected chi connectivity index (χ0v) is 14.2. The summed E-state index contributed by atoms with van der Waals surface area (Å²) in [5.41, 5.74) is 3.07. The maximum atomic E-state index is 12.5. The van der Waals surface area contributed by atoms with Gasteiger partial charge in [0, 0.05) is 0 Å². The van der Waals surface area contributed by atoms with Gasteiger partial charge < -0.3 is 0 Å². The number of aryl methyl sites for hydroxylation is 3. The number of hydrogen-bond donors (Lipinski definition) is 1. The summed E-state index contributed by atoms with van der Waals surface area (Å²) >= 11 is 1.48. The van der Waals surface area contributed by atoms with Crippen molar-refractivity contribution in [2.24, 2.45) is 0 Å². The molecule has 120 valence electrons. The van der Waals surface area contributed by atoms with Crippen molar-refractivity contribution in [3.8, 4) is 0 Å². The summed E-state index contributed by atoms with van der Waals surface area (Å²) in [6.45, 7) is 2.07. The van der Waals surface area contributed by atoms with Gasteiger partial charge >= 0.3 is 0 Å². The van der Waals surface area contributed by atoms with Crippen LogP contribution >= 0.6 is 11.3 Å². The highest BCUT2D eigenvalue weighted by Gasteiger charge is 2.19. The Morgan fingerprint density at radius 2 is 2.13 bits per heavy atom. The highest BCUT2D eigenvalue weighted by atomic mass is 32.2. The van der Waals surface area contributed by atoms with Crippen molar-refractivity contribution in [1.29, 1.82) is 0 Å². The van der Waals surface area contributed by atoms with Crippen LogP contribution in [0.15, 0.2) is 29.3 Å². The van der Waals surface area contributed by atoms with Gasteiger partial charge in [-0.15, -0.1) is 0 Å². The van der Waals surface area contributed by atoms with Crippen molar-refractivity contribution in [2.45, 2.75) is 37.6 Å². The minimum Gasteiger partial charge on any atom is -0.221 e. The molecule has 23 heavy (non-hydrogen) atoms. The minimum atomic E-state index is -3.52. The average molecular weight is 348 g/mol. The molecule has 3 aromatic rings. The van der Waals surface area contributed by atoms with E-state index >= 15 is 0 Å². The molecule has 0 bridgehead atoms. The summed E-state index contributed by atoms with van der Waals surface area (Å²) in [5, 5.41) is 5.20. The number of imidazole rings is 1. The molecule has 0 spiro atoms. The van der Waals surface area contributed by atoms with Crippen molar-refractivity contribution in [3.63, 3.8) is 0 Å². The molecule has 0 amide bonds. The minimum absolute atomic E-state index is 0.161. The quantitative estimate of drug-likeness (QED) is 0.783. The van der Waals surface area contributed by atoms with Crippen molar-refractivity contribution in [1.82, 2.24) is 19.3 Å². The smallest absolute Gasteiger partial charge is 0.221 e. The predicted octanol–water partition coefficient (Wildman–Crippen LogP) is 2.07. The van der Waals surface area contributed by atoms with Gasteiger partial charge in [0.25, 0.3) is 0 Å². The highest BCUT2D eigenvalue weighted by Crippen LogP contribution is 2.24. The molecule has 0 radical (unpaired) electrons. The molecule has 1 aromatic carbocycles. The molecule has 1 aliphatic carbocycles. The SMILES string of the molecule is Cc1nn2cc(CNS(=O)(=O)c3ccc4c(c3)CCC4)nc2s1. The van der Waals surface area contributed by atoms with E-state index in [1.165, 1.54) is 16.9 Å². The summed E-state index contributed by atoms with van der Waals surface area (Å²) in [6, 6.07) is 5.40. The van der Waals surface area contributed by atoms with Gasteiger partial charge in [-0.3, -0.25) is 0 Å². The van der Waals surface area contributed by atoms with Crippen molar-refractivity contribution in [3.05, 3.63) is 46.2 Å². The van der Waals surface area contributed by atoms with Gasteiger partial charge in [-0.25, -0.2) is 22.6 Å². The molecule has 8 heteroatoms. The molecule has 0 atom stereocenters. The monoisotopic (exact) mass is 348 g/mol. The predicted molar refractivity (Wildman–Crippen MR) is 88.1 cm³/mol. The first-order valence-electron chi connectivity index (χ1n) is 7.44. The number of nitrogens with one attached hydrogen (secondary N) is 1. The molecule has 0 fully saturated rings. The lowest BCUT2D eigenvalue weighted by Gasteiger charge is -2.07. The van der Waals surface area contributed by atoms with Gasteiger partial charge in [-0.05, 0) is 49.4 Å². The molecule has 2 heterocycles. The fraction of sp³-hybridized carbons (Fsp3) is 0.333. The van der Waals surface area contributed by atoms with E-state index in [1.54, 1.807) is 22.8 Å². The molecule has 4 rings (SSSR count). The van der Waals surface area contributed by atoms with E-state index in [9.17, 15) is 8.42 Å². The Bertz CT molecular complexity index is 957. The van der Waals surface area contributed by atoms with Crippen molar-refractivity contribution < 1.29 is 8.42 Å². The molecule has 0 aliphatic heterocycles. The van der Waals surface area contributed by atoms with Crippen molar-refractivity contribution in [2.75, 3.05) is 0 Å². The van der Waals surface area contributed by atoms with Crippen molar-refractivity contribution >= 4 is 26.3 Å². The second kappa shape index (κ2) is 5.40. The number of fused-ring (bicyclic) bond motifs is 2. The third-order valence-electron chi connectivity index (χ3n) is 4.02. The summed E-state index contributed by atoms with van der Waals surface area (Å²) in [5.74, 6) is 0. The second-order valence-electron chi connectivity index (χ2n) is 5.69. The van der Waals surface area contributed by atoms with E-state index in [-0.39, 0.29) is 6.54 Å². The van der Waals surface area contributed by atoms with Crippen LogP contribution in [-0.2, 0) is 29.4 Å². The fourth-order valence-electron chi connectivity index (χ4n) is 2.90. The van der Waals surface area contributed by atoms with E-state index in [4.69, 9.17) is 0 Å². The number of hydrogen-bond acceptors (Lipinski definition) is 5. The largest absolute Gasteiger partial charge is 0.240 e. The number of aromatic nitrogens is 3. The molecule has 1 aliphatic rings. The van der Waals surface area contributed by atoms with Crippen LogP contribution in [0.4, 0.5) is 0 Å². The van der Waals surface area contributed by atoms with Gasteiger partial charge in [-0.2, -0.15) is 5.10 Å². The fourth-order valence-corrected chi connectivity index (χ4v) is 4.69. The van der Waals surface area contributed by atoms with Crippen LogP contribution in [0.25, 0.3) is 4.96 Å². The van der Waals surface area contributed by atoms with E-state index in [1.807, 2.05) is 13.0 Å². The van der Waals surface area contributed by atoms with Gasteiger partial charge in [0.15, 0.2) is 0 Å².